The van der Waals surface area contributed by atoms with E-state index in [0.717, 1.165) is 31.8 Å². The van der Waals surface area contributed by atoms with Gasteiger partial charge >= 0.3 is 5.97 Å². The van der Waals surface area contributed by atoms with Gasteiger partial charge in [-0.15, -0.1) is 0 Å². The van der Waals surface area contributed by atoms with Gasteiger partial charge in [0.2, 0.25) is 0 Å². The molecule has 5 heteroatoms. The second kappa shape index (κ2) is 4.94. The molecular formula is C11H14N2O3. The fourth-order valence-electron chi connectivity index (χ4n) is 1.70. The highest BCUT2D eigenvalue weighted by atomic mass is 16.5. The van der Waals surface area contributed by atoms with Gasteiger partial charge in [0.15, 0.2) is 0 Å². The predicted octanol–water partition coefficient (Wildman–Crippen LogP) is 1.01. The number of ether oxygens (including phenoxy) is 1. The van der Waals surface area contributed by atoms with Crippen molar-refractivity contribution in [1.29, 1.82) is 0 Å². The summed E-state index contributed by atoms with van der Waals surface area (Å²) in [5.74, 6) is -0.995. The summed E-state index contributed by atoms with van der Waals surface area (Å²) in [5.41, 5.74) is 1.03. The van der Waals surface area contributed by atoms with Crippen molar-refractivity contribution < 1.29 is 14.6 Å². The third-order valence-electron chi connectivity index (χ3n) is 2.55. The SMILES string of the molecule is O=C(O)c1ccc(N2CCCOCC2)cn1. The Morgan fingerprint density at radius 1 is 1.38 bits per heavy atom. The Labute approximate surface area is 93.7 Å². The van der Waals surface area contributed by atoms with Gasteiger partial charge in [-0.25, -0.2) is 9.78 Å². The maximum atomic E-state index is 10.6. The third kappa shape index (κ3) is 2.49. The van der Waals surface area contributed by atoms with Crippen LogP contribution in [0.3, 0.4) is 0 Å². The second-order valence-corrected chi connectivity index (χ2v) is 3.66. The molecule has 0 aliphatic carbocycles. The molecule has 0 spiro atoms. The highest BCUT2D eigenvalue weighted by Crippen LogP contribution is 2.14. The van der Waals surface area contributed by atoms with Gasteiger partial charge < -0.3 is 14.7 Å². The zero-order valence-corrected chi connectivity index (χ0v) is 8.93. The number of carboxylic acid groups (broad SMARTS) is 1. The molecule has 5 nitrogen and oxygen atoms in total. The molecule has 0 aromatic carbocycles. The summed E-state index contributed by atoms with van der Waals surface area (Å²) >= 11 is 0. The minimum absolute atomic E-state index is 0.0785. The molecule has 2 heterocycles. The fourth-order valence-corrected chi connectivity index (χ4v) is 1.70. The Hall–Kier alpha value is -1.62. The van der Waals surface area contributed by atoms with Crippen LogP contribution in [0, 0.1) is 0 Å². The minimum atomic E-state index is -0.995. The molecule has 16 heavy (non-hydrogen) atoms. The molecule has 1 fully saturated rings. The molecule has 1 aromatic rings. The van der Waals surface area contributed by atoms with Crippen LogP contribution in [0.1, 0.15) is 16.9 Å². The first-order valence-corrected chi connectivity index (χ1v) is 5.29. The van der Waals surface area contributed by atoms with Crippen molar-refractivity contribution in [3.63, 3.8) is 0 Å². The van der Waals surface area contributed by atoms with Crippen molar-refractivity contribution >= 4 is 11.7 Å². The van der Waals surface area contributed by atoms with E-state index < -0.39 is 5.97 Å². The maximum absolute atomic E-state index is 10.6. The zero-order chi connectivity index (χ0) is 11.4. The quantitative estimate of drug-likeness (QED) is 0.809. The lowest BCUT2D eigenvalue weighted by Gasteiger charge is -2.21. The fraction of sp³-hybridized carbons (Fsp3) is 0.455. The molecule has 86 valence electrons. The molecular weight excluding hydrogens is 208 g/mol. The predicted molar refractivity (Wildman–Crippen MR) is 58.8 cm³/mol. The van der Waals surface area contributed by atoms with Crippen LogP contribution in [-0.2, 0) is 4.74 Å². The van der Waals surface area contributed by atoms with Gasteiger partial charge in [0.05, 0.1) is 18.5 Å². The number of nitrogens with zero attached hydrogens (tertiary/aromatic N) is 2. The van der Waals surface area contributed by atoms with Crippen LogP contribution >= 0.6 is 0 Å². The van der Waals surface area contributed by atoms with Gasteiger partial charge in [-0.3, -0.25) is 0 Å². The highest BCUT2D eigenvalue weighted by Gasteiger charge is 2.11. The summed E-state index contributed by atoms with van der Waals surface area (Å²) in [6.07, 6.45) is 2.59. The van der Waals surface area contributed by atoms with E-state index in [4.69, 9.17) is 9.84 Å². The van der Waals surface area contributed by atoms with E-state index in [9.17, 15) is 4.79 Å². The first-order valence-electron chi connectivity index (χ1n) is 5.29. The van der Waals surface area contributed by atoms with Crippen molar-refractivity contribution in [1.82, 2.24) is 4.98 Å². The Bertz CT molecular complexity index is 356. The van der Waals surface area contributed by atoms with E-state index >= 15 is 0 Å². The smallest absolute Gasteiger partial charge is 0.354 e. The summed E-state index contributed by atoms with van der Waals surface area (Å²) in [5, 5.41) is 8.73. The summed E-state index contributed by atoms with van der Waals surface area (Å²) in [7, 11) is 0. The van der Waals surface area contributed by atoms with Crippen molar-refractivity contribution in [3.8, 4) is 0 Å². The van der Waals surface area contributed by atoms with Crippen molar-refractivity contribution in [2.45, 2.75) is 6.42 Å². The molecule has 1 saturated heterocycles. The number of aromatic nitrogens is 1. The van der Waals surface area contributed by atoms with Gasteiger partial charge in [0, 0.05) is 19.7 Å². The standard InChI is InChI=1S/C11H14N2O3/c14-11(15)10-3-2-9(8-12-10)13-4-1-6-16-7-5-13/h2-3,8H,1,4-7H2,(H,14,15). The third-order valence-corrected chi connectivity index (χ3v) is 2.55. The largest absolute Gasteiger partial charge is 0.477 e. The van der Waals surface area contributed by atoms with Crippen LogP contribution in [0.25, 0.3) is 0 Å². The monoisotopic (exact) mass is 222 g/mol. The Balaban J connectivity index is 2.10. The average molecular weight is 222 g/mol. The first-order chi connectivity index (χ1) is 7.77. The van der Waals surface area contributed by atoms with Crippen LogP contribution in [0.5, 0.6) is 0 Å². The lowest BCUT2D eigenvalue weighted by atomic mass is 10.3. The van der Waals surface area contributed by atoms with E-state index in [1.54, 1.807) is 12.3 Å². The molecule has 2 rings (SSSR count). The number of carboxylic acids is 1. The molecule has 0 bridgehead atoms. The van der Waals surface area contributed by atoms with E-state index in [2.05, 4.69) is 9.88 Å². The summed E-state index contributed by atoms with van der Waals surface area (Å²) in [4.78, 5) is 16.7. The van der Waals surface area contributed by atoms with Crippen LogP contribution in [0.15, 0.2) is 18.3 Å². The van der Waals surface area contributed by atoms with E-state index in [1.165, 1.54) is 6.07 Å². The summed E-state index contributed by atoms with van der Waals surface area (Å²) in [6, 6.07) is 3.32. The molecule has 1 aliphatic heterocycles. The molecule has 0 unspecified atom stereocenters. The van der Waals surface area contributed by atoms with Crippen LogP contribution in [0.4, 0.5) is 5.69 Å². The van der Waals surface area contributed by atoms with Gasteiger partial charge in [0.1, 0.15) is 5.69 Å². The number of pyridine rings is 1. The number of carbonyl (C=O) groups is 1. The molecule has 1 aliphatic rings. The van der Waals surface area contributed by atoms with E-state index in [0.29, 0.717) is 6.61 Å². The van der Waals surface area contributed by atoms with Crippen LogP contribution < -0.4 is 4.90 Å². The molecule has 0 saturated carbocycles. The number of aromatic carboxylic acids is 1. The van der Waals surface area contributed by atoms with Crippen LogP contribution in [0.2, 0.25) is 0 Å². The van der Waals surface area contributed by atoms with Crippen molar-refractivity contribution in [2.75, 3.05) is 31.2 Å². The van der Waals surface area contributed by atoms with Crippen molar-refractivity contribution in [3.05, 3.63) is 24.0 Å². The summed E-state index contributed by atoms with van der Waals surface area (Å²) in [6.45, 7) is 3.25. The Kier molecular flexibility index (Phi) is 3.36. The normalized spacial score (nSPS) is 16.9. The Morgan fingerprint density at radius 2 is 2.25 bits per heavy atom. The average Bonchev–Trinajstić information content (AvgIpc) is 2.57. The number of hydrogen-bond acceptors (Lipinski definition) is 4. The molecule has 1 N–H and O–H groups in total. The zero-order valence-electron chi connectivity index (χ0n) is 8.93. The van der Waals surface area contributed by atoms with Gasteiger partial charge in [-0.1, -0.05) is 0 Å². The molecule has 1 aromatic heterocycles. The van der Waals surface area contributed by atoms with E-state index in [-0.39, 0.29) is 5.69 Å². The lowest BCUT2D eigenvalue weighted by molar-refractivity contribution is 0.0690. The van der Waals surface area contributed by atoms with Gasteiger partial charge in [-0.05, 0) is 18.6 Å². The molecule has 0 amide bonds. The first kappa shape index (κ1) is 10.9. The molecule has 0 atom stereocenters. The second-order valence-electron chi connectivity index (χ2n) is 3.66. The minimum Gasteiger partial charge on any atom is -0.477 e. The maximum Gasteiger partial charge on any atom is 0.354 e. The summed E-state index contributed by atoms with van der Waals surface area (Å²) < 4.78 is 5.35. The number of rotatable bonds is 2. The topological polar surface area (TPSA) is 62.7 Å². The van der Waals surface area contributed by atoms with Gasteiger partial charge in [-0.2, -0.15) is 0 Å². The van der Waals surface area contributed by atoms with Crippen molar-refractivity contribution in [2.24, 2.45) is 0 Å². The van der Waals surface area contributed by atoms with Crippen LogP contribution in [-0.4, -0.2) is 42.4 Å². The number of anilines is 1. The number of hydrogen-bond donors (Lipinski definition) is 1. The van der Waals surface area contributed by atoms with E-state index in [1.807, 2.05) is 0 Å². The lowest BCUT2D eigenvalue weighted by Crippen LogP contribution is -2.26. The molecule has 0 radical (unpaired) electrons. The highest BCUT2D eigenvalue weighted by molar-refractivity contribution is 5.85. The van der Waals surface area contributed by atoms with Gasteiger partial charge in [0.25, 0.3) is 0 Å². The Morgan fingerprint density at radius 3 is 2.94 bits per heavy atom.